The minimum Gasteiger partial charge on any atom is -0.352 e. The van der Waals surface area contributed by atoms with Crippen LogP contribution < -0.4 is 9.62 Å². The lowest BCUT2D eigenvalue weighted by atomic mass is 9.94. The second-order valence-corrected chi connectivity index (χ2v) is 14.4. The number of carbonyl (C=O) groups is 2. The zero-order chi connectivity index (χ0) is 33.6. The van der Waals surface area contributed by atoms with Gasteiger partial charge in [0.2, 0.25) is 21.8 Å². The number of nitrogens with zero attached hydrogens (tertiary/aromatic N) is 2. The Morgan fingerprint density at radius 3 is 2.15 bits per heavy atom. The molecule has 0 aliphatic heterocycles. The molecule has 0 radical (unpaired) electrons. The van der Waals surface area contributed by atoms with Crippen LogP contribution in [0.5, 0.6) is 0 Å². The number of alkyl halides is 3. The lowest BCUT2D eigenvalue weighted by Crippen LogP contribution is -2.55. The molecule has 46 heavy (non-hydrogen) atoms. The number of carbonyl (C=O) groups excluding carboxylic acids is 2. The Balaban J connectivity index is 1.78. The summed E-state index contributed by atoms with van der Waals surface area (Å²) in [4.78, 5) is 29.5. The molecule has 1 fully saturated rings. The fourth-order valence-corrected chi connectivity index (χ4v) is 6.85. The van der Waals surface area contributed by atoms with Crippen molar-refractivity contribution in [2.45, 2.75) is 63.3 Å². The summed E-state index contributed by atoms with van der Waals surface area (Å²) >= 11 is 18.6. The molecule has 3 aromatic rings. The lowest BCUT2D eigenvalue weighted by Gasteiger charge is -2.35. The molecule has 14 heteroatoms. The van der Waals surface area contributed by atoms with Crippen LogP contribution in [0.2, 0.25) is 15.1 Å². The molecule has 1 aliphatic rings. The molecule has 0 heterocycles. The molecule has 0 saturated heterocycles. The maximum Gasteiger partial charge on any atom is 0.416 e. The maximum atomic E-state index is 14.3. The summed E-state index contributed by atoms with van der Waals surface area (Å²) in [5.41, 5.74) is -0.434. The van der Waals surface area contributed by atoms with Gasteiger partial charge < -0.3 is 10.2 Å². The predicted molar refractivity (Wildman–Crippen MR) is 175 cm³/mol. The van der Waals surface area contributed by atoms with Crippen LogP contribution in [0, 0.1) is 0 Å². The Hall–Kier alpha value is -2.99. The summed E-state index contributed by atoms with van der Waals surface area (Å²) in [5.74, 6) is -1.28. The van der Waals surface area contributed by atoms with Gasteiger partial charge in [-0.15, -0.1) is 0 Å². The molecule has 7 nitrogen and oxygen atoms in total. The van der Waals surface area contributed by atoms with Crippen LogP contribution in [0.3, 0.4) is 0 Å². The van der Waals surface area contributed by atoms with E-state index in [0.717, 1.165) is 56.1 Å². The molecule has 248 valence electrons. The van der Waals surface area contributed by atoms with Crippen molar-refractivity contribution in [1.29, 1.82) is 0 Å². The zero-order valence-electron chi connectivity index (χ0n) is 24.9. The number of rotatable bonds is 11. The second-order valence-electron chi connectivity index (χ2n) is 11.3. The van der Waals surface area contributed by atoms with Gasteiger partial charge in [-0.1, -0.05) is 90.5 Å². The van der Waals surface area contributed by atoms with E-state index >= 15 is 0 Å². The van der Waals surface area contributed by atoms with Gasteiger partial charge in [0.1, 0.15) is 12.6 Å². The number of hydrogen-bond donors (Lipinski definition) is 1. The van der Waals surface area contributed by atoms with E-state index in [1.807, 2.05) is 6.07 Å². The summed E-state index contributed by atoms with van der Waals surface area (Å²) in [7, 11) is -4.35. The van der Waals surface area contributed by atoms with Gasteiger partial charge in [-0.2, -0.15) is 13.2 Å². The molecular weight excluding hydrogens is 686 g/mol. The van der Waals surface area contributed by atoms with Gasteiger partial charge in [-0.25, -0.2) is 8.42 Å². The molecule has 0 bridgehead atoms. The monoisotopic (exact) mass is 717 g/mol. The standard InChI is InChI=1S/C32H33Cl3F3N3O4S/c1-46(44,45)41(28-18-23(32(36,37)38)13-15-26(28)34)20-30(42)40(19-22-12-14-25(33)27(35)16-22)29(17-21-8-4-2-5-9-21)31(43)39-24-10-6-3-7-11-24/h2,4-5,8-9,12-16,18,24,29H,3,6-7,10-11,17,19-20H2,1H3,(H,39,43)/t29-/m0/s1. The van der Waals surface area contributed by atoms with E-state index < -0.39 is 51.9 Å². The quantitative estimate of drug-likeness (QED) is 0.222. The highest BCUT2D eigenvalue weighted by atomic mass is 35.5. The van der Waals surface area contributed by atoms with Crippen LogP contribution in [0.15, 0.2) is 66.7 Å². The van der Waals surface area contributed by atoms with Crippen LogP contribution in [-0.2, 0) is 38.8 Å². The van der Waals surface area contributed by atoms with Crippen molar-refractivity contribution < 1.29 is 31.2 Å². The first-order valence-electron chi connectivity index (χ1n) is 14.6. The fraction of sp³-hybridized carbons (Fsp3) is 0.375. The first-order chi connectivity index (χ1) is 21.6. The van der Waals surface area contributed by atoms with Crippen LogP contribution in [0.25, 0.3) is 0 Å². The number of amides is 2. The van der Waals surface area contributed by atoms with Gasteiger partial charge in [-0.05, 0) is 54.3 Å². The Morgan fingerprint density at radius 1 is 0.891 bits per heavy atom. The molecule has 4 rings (SSSR count). The highest BCUT2D eigenvalue weighted by molar-refractivity contribution is 7.92. The van der Waals surface area contributed by atoms with Crippen LogP contribution in [0.4, 0.5) is 18.9 Å². The molecule has 1 atom stereocenters. The minimum atomic E-state index is -4.80. The summed E-state index contributed by atoms with van der Waals surface area (Å²) in [5, 5.41) is 3.23. The largest absolute Gasteiger partial charge is 0.416 e. The van der Waals surface area contributed by atoms with Crippen molar-refractivity contribution in [2.24, 2.45) is 0 Å². The molecule has 1 saturated carbocycles. The van der Waals surface area contributed by atoms with E-state index in [-0.39, 0.29) is 34.1 Å². The van der Waals surface area contributed by atoms with Crippen molar-refractivity contribution in [3.63, 3.8) is 0 Å². The number of sulfonamides is 1. The third-order valence-corrected chi connectivity index (χ3v) is 9.97. The van der Waals surface area contributed by atoms with E-state index in [4.69, 9.17) is 34.8 Å². The molecule has 2 amide bonds. The molecule has 0 aromatic heterocycles. The number of anilines is 1. The van der Waals surface area contributed by atoms with Crippen molar-refractivity contribution in [1.82, 2.24) is 10.2 Å². The van der Waals surface area contributed by atoms with E-state index in [1.54, 1.807) is 30.3 Å². The first kappa shape index (κ1) is 35.9. The SMILES string of the molecule is CS(=O)(=O)N(CC(=O)N(Cc1ccc(Cl)c(Cl)c1)[C@@H](Cc1ccccc1)C(=O)NC1CCCCC1)c1cc(C(F)(F)F)ccc1Cl. The van der Waals surface area contributed by atoms with E-state index in [9.17, 15) is 31.2 Å². The van der Waals surface area contributed by atoms with Crippen molar-refractivity contribution in [3.05, 3.63) is 98.5 Å². The van der Waals surface area contributed by atoms with E-state index in [1.165, 1.54) is 17.0 Å². The summed E-state index contributed by atoms with van der Waals surface area (Å²) in [6, 6.07) is 14.7. The molecule has 0 spiro atoms. The molecule has 1 N–H and O–H groups in total. The van der Waals surface area contributed by atoms with Crippen molar-refractivity contribution >= 4 is 62.3 Å². The average molecular weight is 719 g/mol. The molecule has 3 aromatic carbocycles. The average Bonchev–Trinajstić information content (AvgIpc) is 2.99. The van der Waals surface area contributed by atoms with Crippen LogP contribution in [-0.4, -0.2) is 50.0 Å². The Labute approximate surface area is 281 Å². The third-order valence-electron chi connectivity index (χ3n) is 7.78. The van der Waals surface area contributed by atoms with E-state index in [2.05, 4.69) is 5.32 Å². The highest BCUT2D eigenvalue weighted by Crippen LogP contribution is 2.36. The molecule has 0 unspecified atom stereocenters. The molecule has 1 aliphatic carbocycles. The van der Waals surface area contributed by atoms with Crippen LogP contribution >= 0.6 is 34.8 Å². The number of benzene rings is 3. The highest BCUT2D eigenvalue weighted by Gasteiger charge is 2.36. The summed E-state index contributed by atoms with van der Waals surface area (Å²) in [6.45, 7) is -1.11. The fourth-order valence-electron chi connectivity index (χ4n) is 5.41. The Morgan fingerprint density at radius 2 is 1.54 bits per heavy atom. The first-order valence-corrected chi connectivity index (χ1v) is 17.5. The van der Waals surface area contributed by atoms with Crippen molar-refractivity contribution in [3.8, 4) is 0 Å². The normalized spacial score (nSPS) is 14.8. The van der Waals surface area contributed by atoms with Gasteiger partial charge >= 0.3 is 6.18 Å². The summed E-state index contributed by atoms with van der Waals surface area (Å²) < 4.78 is 67.3. The number of nitrogens with one attached hydrogen (secondary N) is 1. The maximum absolute atomic E-state index is 14.3. The van der Waals surface area contributed by atoms with Gasteiger partial charge in [-0.3, -0.25) is 13.9 Å². The summed E-state index contributed by atoms with van der Waals surface area (Å²) in [6.07, 6.45) is 0.544. The topological polar surface area (TPSA) is 86.8 Å². The van der Waals surface area contributed by atoms with E-state index in [0.29, 0.717) is 15.9 Å². The smallest absolute Gasteiger partial charge is 0.352 e. The molecular formula is C32H33Cl3F3N3O4S. The van der Waals surface area contributed by atoms with Crippen molar-refractivity contribution in [2.75, 3.05) is 17.1 Å². The van der Waals surface area contributed by atoms with Gasteiger partial charge in [0.15, 0.2) is 0 Å². The number of hydrogen-bond acceptors (Lipinski definition) is 4. The van der Waals surface area contributed by atoms with Gasteiger partial charge in [0.25, 0.3) is 0 Å². The predicted octanol–water partition coefficient (Wildman–Crippen LogP) is 7.52. The number of halogens is 6. The lowest BCUT2D eigenvalue weighted by molar-refractivity contribution is -0.140. The third kappa shape index (κ3) is 9.53. The minimum absolute atomic E-state index is 0.0790. The van der Waals surface area contributed by atoms with Crippen LogP contribution in [0.1, 0.15) is 48.8 Å². The zero-order valence-corrected chi connectivity index (χ0v) is 28.0. The van der Waals surface area contributed by atoms with Gasteiger partial charge in [0.05, 0.1) is 32.6 Å². The Kier molecular flexibility index (Phi) is 11.9. The Bertz CT molecular complexity index is 1650. The van der Waals surface area contributed by atoms with Gasteiger partial charge in [0, 0.05) is 19.0 Å². The second kappa shape index (κ2) is 15.3.